The van der Waals surface area contributed by atoms with E-state index >= 15 is 0 Å². The highest BCUT2D eigenvalue weighted by Gasteiger charge is 2.29. The molecule has 0 radical (unpaired) electrons. The van der Waals surface area contributed by atoms with Crippen molar-refractivity contribution in [3.63, 3.8) is 0 Å². The highest BCUT2D eigenvalue weighted by atomic mass is 16.2. The first-order valence-corrected chi connectivity index (χ1v) is 8.22. The van der Waals surface area contributed by atoms with Crippen LogP contribution in [-0.2, 0) is 9.59 Å². The lowest BCUT2D eigenvalue weighted by atomic mass is 9.95. The minimum atomic E-state index is 0.139. The van der Waals surface area contributed by atoms with E-state index in [-0.39, 0.29) is 17.7 Å². The van der Waals surface area contributed by atoms with Gasteiger partial charge in [0, 0.05) is 32.6 Å². The minimum Gasteiger partial charge on any atom is -0.349 e. The molecule has 0 aromatic carbocycles. The summed E-state index contributed by atoms with van der Waals surface area (Å²) in [4.78, 5) is 30.3. The molecule has 2 heterocycles. The second kappa shape index (κ2) is 7.25. The Kier molecular flexibility index (Phi) is 5.62. The van der Waals surface area contributed by atoms with Crippen LogP contribution in [0.4, 0.5) is 0 Å². The third-order valence-electron chi connectivity index (χ3n) is 4.86. The molecule has 0 spiro atoms. The first-order chi connectivity index (χ1) is 9.99. The number of piperidine rings is 2. The molecular weight excluding hydrogens is 266 g/mol. The van der Waals surface area contributed by atoms with Crippen LogP contribution >= 0.6 is 0 Å². The molecule has 120 valence electrons. The van der Waals surface area contributed by atoms with Crippen molar-refractivity contribution in [2.75, 3.05) is 40.3 Å². The maximum atomic E-state index is 12.4. The first kappa shape index (κ1) is 16.3. The zero-order valence-electron chi connectivity index (χ0n) is 13.7. The first-order valence-electron chi connectivity index (χ1n) is 8.22. The number of carbonyl (C=O) groups is 2. The van der Waals surface area contributed by atoms with Crippen LogP contribution in [0.25, 0.3) is 0 Å². The van der Waals surface area contributed by atoms with Gasteiger partial charge in [0.25, 0.3) is 0 Å². The molecule has 0 aliphatic carbocycles. The molecule has 0 saturated carbocycles. The molecule has 2 aliphatic rings. The molecule has 2 fully saturated rings. The van der Waals surface area contributed by atoms with Crippen molar-refractivity contribution < 1.29 is 9.59 Å². The Morgan fingerprint density at radius 3 is 2.29 bits per heavy atom. The Morgan fingerprint density at radius 2 is 1.71 bits per heavy atom. The molecule has 1 atom stereocenters. The number of carbonyl (C=O) groups excluding carboxylic acids is 2. The van der Waals surface area contributed by atoms with Crippen LogP contribution in [0.2, 0.25) is 0 Å². The van der Waals surface area contributed by atoms with E-state index in [1.165, 1.54) is 6.42 Å². The molecule has 0 N–H and O–H groups in total. The van der Waals surface area contributed by atoms with Gasteiger partial charge in [0.15, 0.2) is 0 Å². The topological polar surface area (TPSA) is 43.9 Å². The average Bonchev–Trinajstić information content (AvgIpc) is 2.47. The highest BCUT2D eigenvalue weighted by Crippen LogP contribution is 2.20. The van der Waals surface area contributed by atoms with Crippen LogP contribution in [0.1, 0.15) is 39.0 Å². The molecule has 2 rings (SSSR count). The van der Waals surface area contributed by atoms with E-state index in [4.69, 9.17) is 0 Å². The third-order valence-corrected chi connectivity index (χ3v) is 4.86. The molecule has 5 nitrogen and oxygen atoms in total. The van der Waals surface area contributed by atoms with Gasteiger partial charge < -0.3 is 9.80 Å². The number of likely N-dealkylation sites (tertiary alicyclic amines) is 2. The third kappa shape index (κ3) is 4.19. The smallest absolute Gasteiger partial charge is 0.236 e. The summed E-state index contributed by atoms with van der Waals surface area (Å²) in [6.07, 6.45) is 5.25. The molecule has 0 aromatic heterocycles. The summed E-state index contributed by atoms with van der Waals surface area (Å²) in [5.74, 6) is 0.630. The zero-order chi connectivity index (χ0) is 15.4. The Bertz CT molecular complexity index is 376. The van der Waals surface area contributed by atoms with E-state index < -0.39 is 0 Å². The molecule has 0 aromatic rings. The van der Waals surface area contributed by atoms with Crippen LogP contribution in [-0.4, -0.2) is 72.8 Å². The summed E-state index contributed by atoms with van der Waals surface area (Å²) in [5, 5.41) is 0. The van der Waals surface area contributed by atoms with Crippen LogP contribution in [0.3, 0.4) is 0 Å². The Balaban J connectivity index is 1.78. The van der Waals surface area contributed by atoms with E-state index in [1.807, 2.05) is 19.0 Å². The second-order valence-electron chi connectivity index (χ2n) is 6.72. The molecule has 2 aliphatic heterocycles. The van der Waals surface area contributed by atoms with Gasteiger partial charge in [-0.1, -0.05) is 0 Å². The van der Waals surface area contributed by atoms with Gasteiger partial charge in [-0.15, -0.1) is 0 Å². The number of rotatable bonds is 3. The molecule has 2 amide bonds. The van der Waals surface area contributed by atoms with E-state index in [0.29, 0.717) is 12.6 Å². The van der Waals surface area contributed by atoms with Crippen molar-refractivity contribution in [3.8, 4) is 0 Å². The fourth-order valence-electron chi connectivity index (χ4n) is 3.45. The lowest BCUT2D eigenvalue weighted by Gasteiger charge is -2.37. The van der Waals surface area contributed by atoms with E-state index in [2.05, 4.69) is 11.8 Å². The predicted octanol–water partition coefficient (Wildman–Crippen LogP) is 1.19. The molecular formula is C16H29N3O2. The van der Waals surface area contributed by atoms with Gasteiger partial charge in [-0.2, -0.15) is 0 Å². The van der Waals surface area contributed by atoms with Gasteiger partial charge in [-0.3, -0.25) is 14.5 Å². The van der Waals surface area contributed by atoms with Gasteiger partial charge in [0.1, 0.15) is 0 Å². The number of hydrogen-bond donors (Lipinski definition) is 0. The molecule has 5 heteroatoms. The average molecular weight is 295 g/mol. The SMILES string of the molecule is CC1CCCCN1C(=O)CN1CCC(C(=O)N(C)C)CC1. The van der Waals surface area contributed by atoms with Crippen molar-refractivity contribution in [3.05, 3.63) is 0 Å². The largest absolute Gasteiger partial charge is 0.349 e. The number of hydrogen-bond acceptors (Lipinski definition) is 3. The van der Waals surface area contributed by atoms with E-state index in [1.54, 1.807) is 4.90 Å². The van der Waals surface area contributed by atoms with Gasteiger partial charge in [-0.25, -0.2) is 0 Å². The maximum absolute atomic E-state index is 12.4. The predicted molar refractivity (Wildman–Crippen MR) is 82.9 cm³/mol. The van der Waals surface area contributed by atoms with Crippen LogP contribution < -0.4 is 0 Å². The van der Waals surface area contributed by atoms with Gasteiger partial charge in [0.05, 0.1) is 6.54 Å². The number of nitrogens with zero attached hydrogens (tertiary/aromatic N) is 3. The Labute approximate surface area is 128 Å². The van der Waals surface area contributed by atoms with Crippen molar-refractivity contribution >= 4 is 11.8 Å². The molecule has 1 unspecified atom stereocenters. The van der Waals surface area contributed by atoms with E-state index in [0.717, 1.165) is 45.3 Å². The minimum absolute atomic E-state index is 0.139. The normalized spacial score (nSPS) is 24.9. The van der Waals surface area contributed by atoms with Crippen LogP contribution in [0, 0.1) is 5.92 Å². The molecule has 2 saturated heterocycles. The Hall–Kier alpha value is -1.10. The summed E-state index contributed by atoms with van der Waals surface area (Å²) >= 11 is 0. The lowest BCUT2D eigenvalue weighted by molar-refractivity contribution is -0.137. The quantitative estimate of drug-likeness (QED) is 0.785. The monoisotopic (exact) mass is 295 g/mol. The van der Waals surface area contributed by atoms with Gasteiger partial charge in [0.2, 0.25) is 11.8 Å². The Morgan fingerprint density at radius 1 is 1.05 bits per heavy atom. The van der Waals surface area contributed by atoms with Crippen molar-refractivity contribution in [2.24, 2.45) is 5.92 Å². The summed E-state index contributed by atoms with van der Waals surface area (Å²) in [6.45, 7) is 5.30. The fourth-order valence-corrected chi connectivity index (χ4v) is 3.45. The maximum Gasteiger partial charge on any atom is 0.236 e. The molecule has 21 heavy (non-hydrogen) atoms. The van der Waals surface area contributed by atoms with Crippen molar-refractivity contribution in [1.82, 2.24) is 14.7 Å². The van der Waals surface area contributed by atoms with Gasteiger partial charge >= 0.3 is 0 Å². The van der Waals surface area contributed by atoms with Crippen molar-refractivity contribution in [1.29, 1.82) is 0 Å². The summed E-state index contributed by atoms with van der Waals surface area (Å²) < 4.78 is 0. The molecule has 0 bridgehead atoms. The van der Waals surface area contributed by atoms with Crippen LogP contribution in [0.5, 0.6) is 0 Å². The standard InChI is InChI=1S/C16H29N3O2/c1-13-6-4-5-9-19(13)15(20)12-18-10-7-14(8-11-18)16(21)17(2)3/h13-14H,4-12H2,1-3H3. The van der Waals surface area contributed by atoms with Gasteiger partial charge in [-0.05, 0) is 52.1 Å². The summed E-state index contributed by atoms with van der Waals surface area (Å²) in [6, 6.07) is 0.388. The second-order valence-corrected chi connectivity index (χ2v) is 6.72. The summed E-state index contributed by atoms with van der Waals surface area (Å²) in [7, 11) is 3.63. The highest BCUT2D eigenvalue weighted by molar-refractivity contribution is 5.79. The van der Waals surface area contributed by atoms with E-state index in [9.17, 15) is 9.59 Å². The number of amides is 2. The lowest BCUT2D eigenvalue weighted by Crippen LogP contribution is -2.49. The van der Waals surface area contributed by atoms with Crippen LogP contribution in [0.15, 0.2) is 0 Å². The zero-order valence-corrected chi connectivity index (χ0v) is 13.7. The fraction of sp³-hybridized carbons (Fsp3) is 0.875. The van der Waals surface area contributed by atoms with Crippen molar-refractivity contribution in [2.45, 2.75) is 45.1 Å². The summed E-state index contributed by atoms with van der Waals surface area (Å²) in [5.41, 5.74) is 0.